The van der Waals surface area contributed by atoms with Crippen molar-refractivity contribution in [1.82, 2.24) is 0 Å². The van der Waals surface area contributed by atoms with Crippen LogP contribution < -0.4 is 9.47 Å². The van der Waals surface area contributed by atoms with Crippen molar-refractivity contribution in [2.75, 3.05) is 0 Å². The van der Waals surface area contributed by atoms with Crippen LogP contribution in [0.4, 0.5) is 0 Å². The average molecular weight is 284 g/mol. The van der Waals surface area contributed by atoms with Crippen LogP contribution in [-0.2, 0) is 16.0 Å². The molecule has 0 atom stereocenters. The smallest absolute Gasteiger partial charge is 0.315 e. The molecule has 4 nitrogen and oxygen atoms in total. The van der Waals surface area contributed by atoms with E-state index in [4.69, 9.17) is 9.47 Å². The molecule has 0 radical (unpaired) electrons. The number of carbonyl (C=O) groups is 2. The zero-order valence-electron chi connectivity index (χ0n) is 12.0. The highest BCUT2D eigenvalue weighted by molar-refractivity contribution is 5.75. The van der Waals surface area contributed by atoms with Gasteiger partial charge in [-0.1, -0.05) is 29.8 Å². The zero-order valence-corrected chi connectivity index (χ0v) is 12.0. The summed E-state index contributed by atoms with van der Waals surface area (Å²) in [5.41, 5.74) is 1.90. The summed E-state index contributed by atoms with van der Waals surface area (Å²) in [7, 11) is 0. The lowest BCUT2D eigenvalue weighted by Crippen LogP contribution is -2.11. The van der Waals surface area contributed by atoms with Gasteiger partial charge in [0.05, 0.1) is 6.42 Å². The van der Waals surface area contributed by atoms with E-state index in [0.29, 0.717) is 11.5 Å². The van der Waals surface area contributed by atoms with Crippen LogP contribution >= 0.6 is 0 Å². The van der Waals surface area contributed by atoms with Crippen molar-refractivity contribution in [2.24, 2.45) is 0 Å². The second-order valence-electron chi connectivity index (χ2n) is 4.70. The topological polar surface area (TPSA) is 52.6 Å². The highest BCUT2D eigenvalue weighted by Gasteiger charge is 2.07. The monoisotopic (exact) mass is 284 g/mol. The molecule has 2 rings (SSSR count). The quantitative estimate of drug-likeness (QED) is 0.639. The maximum Gasteiger partial charge on any atom is 0.315 e. The largest absolute Gasteiger partial charge is 0.427 e. The third-order valence-corrected chi connectivity index (χ3v) is 2.79. The van der Waals surface area contributed by atoms with Gasteiger partial charge in [-0.3, -0.25) is 9.59 Å². The fourth-order valence-corrected chi connectivity index (χ4v) is 1.78. The average Bonchev–Trinajstić information content (AvgIpc) is 2.43. The maximum absolute atomic E-state index is 11.8. The first-order valence-electron chi connectivity index (χ1n) is 6.57. The van der Waals surface area contributed by atoms with Crippen LogP contribution in [-0.4, -0.2) is 11.9 Å². The lowest BCUT2D eigenvalue weighted by atomic mass is 10.1. The molecule has 0 aliphatic heterocycles. The Hall–Kier alpha value is -2.62. The fourth-order valence-electron chi connectivity index (χ4n) is 1.78. The summed E-state index contributed by atoms with van der Waals surface area (Å²) in [6, 6.07) is 14.1. The fraction of sp³-hybridized carbons (Fsp3) is 0.176. The molecule has 0 amide bonds. The Labute approximate surface area is 123 Å². The van der Waals surface area contributed by atoms with E-state index in [9.17, 15) is 9.59 Å². The number of hydrogen-bond donors (Lipinski definition) is 0. The van der Waals surface area contributed by atoms with E-state index in [-0.39, 0.29) is 18.4 Å². The second kappa shape index (κ2) is 6.70. The Kier molecular flexibility index (Phi) is 4.72. The molecule has 4 heteroatoms. The number of ether oxygens (including phenoxy) is 2. The summed E-state index contributed by atoms with van der Waals surface area (Å²) in [6.45, 7) is 3.31. The predicted octanol–water partition coefficient (Wildman–Crippen LogP) is 3.07. The second-order valence-corrected chi connectivity index (χ2v) is 4.70. The number of aryl methyl sites for hydroxylation is 1. The summed E-state index contributed by atoms with van der Waals surface area (Å²) >= 11 is 0. The summed E-state index contributed by atoms with van der Waals surface area (Å²) < 4.78 is 10.2. The van der Waals surface area contributed by atoms with Gasteiger partial charge in [0.25, 0.3) is 0 Å². The Morgan fingerprint density at radius 3 is 1.95 bits per heavy atom. The lowest BCUT2D eigenvalue weighted by molar-refractivity contribution is -0.134. The lowest BCUT2D eigenvalue weighted by Gasteiger charge is -2.06. The molecule has 0 aliphatic carbocycles. The van der Waals surface area contributed by atoms with Crippen LogP contribution in [0.15, 0.2) is 48.5 Å². The molecule has 108 valence electrons. The van der Waals surface area contributed by atoms with E-state index >= 15 is 0 Å². The van der Waals surface area contributed by atoms with Gasteiger partial charge < -0.3 is 9.47 Å². The summed E-state index contributed by atoms with van der Waals surface area (Å²) in [4.78, 5) is 22.6. The first kappa shape index (κ1) is 14.8. The zero-order chi connectivity index (χ0) is 15.2. The summed E-state index contributed by atoms with van der Waals surface area (Å²) in [5.74, 6) is 0.279. The van der Waals surface area contributed by atoms with Gasteiger partial charge in [-0.05, 0) is 36.8 Å². The molecule has 0 fully saturated rings. The van der Waals surface area contributed by atoms with Crippen molar-refractivity contribution in [3.05, 3.63) is 59.7 Å². The van der Waals surface area contributed by atoms with Gasteiger partial charge >= 0.3 is 11.9 Å². The minimum Gasteiger partial charge on any atom is -0.427 e. The molecule has 0 aliphatic rings. The molecular formula is C17H16O4. The number of hydrogen-bond acceptors (Lipinski definition) is 4. The van der Waals surface area contributed by atoms with Gasteiger partial charge in [0.15, 0.2) is 0 Å². The van der Waals surface area contributed by atoms with Crippen molar-refractivity contribution in [3.8, 4) is 11.5 Å². The summed E-state index contributed by atoms with van der Waals surface area (Å²) in [5, 5.41) is 0. The number of benzene rings is 2. The first-order valence-corrected chi connectivity index (χ1v) is 6.57. The predicted molar refractivity (Wildman–Crippen MR) is 78.3 cm³/mol. The van der Waals surface area contributed by atoms with Crippen LogP contribution in [0.5, 0.6) is 11.5 Å². The highest BCUT2D eigenvalue weighted by atomic mass is 16.5. The molecule has 2 aromatic rings. The Morgan fingerprint density at radius 2 is 1.38 bits per heavy atom. The Morgan fingerprint density at radius 1 is 0.857 bits per heavy atom. The Bertz CT molecular complexity index is 627. The third-order valence-electron chi connectivity index (χ3n) is 2.79. The number of esters is 2. The van der Waals surface area contributed by atoms with Crippen molar-refractivity contribution >= 4 is 11.9 Å². The van der Waals surface area contributed by atoms with Crippen LogP contribution in [0.1, 0.15) is 18.1 Å². The molecule has 0 aromatic heterocycles. The van der Waals surface area contributed by atoms with Gasteiger partial charge in [-0.15, -0.1) is 0 Å². The van der Waals surface area contributed by atoms with Crippen LogP contribution in [0.3, 0.4) is 0 Å². The van der Waals surface area contributed by atoms with E-state index in [1.54, 1.807) is 36.4 Å². The molecule has 2 aromatic carbocycles. The SMILES string of the molecule is CC(=O)Oc1ccc(CC(=O)Oc2ccc(C)cc2)cc1. The molecule has 0 bridgehead atoms. The van der Waals surface area contributed by atoms with Crippen molar-refractivity contribution in [2.45, 2.75) is 20.3 Å². The molecule has 0 unspecified atom stereocenters. The minimum absolute atomic E-state index is 0.161. The van der Waals surface area contributed by atoms with Gasteiger partial charge in [0.1, 0.15) is 11.5 Å². The van der Waals surface area contributed by atoms with E-state index in [1.165, 1.54) is 6.92 Å². The standard InChI is InChI=1S/C17H16O4/c1-12-3-7-16(8-4-12)21-17(19)11-14-5-9-15(10-6-14)20-13(2)18/h3-10H,11H2,1-2H3. The molecule has 0 N–H and O–H groups in total. The highest BCUT2D eigenvalue weighted by Crippen LogP contribution is 2.15. The summed E-state index contributed by atoms with van der Waals surface area (Å²) in [6.07, 6.45) is 0.161. The van der Waals surface area contributed by atoms with Gasteiger partial charge in [-0.25, -0.2) is 0 Å². The Balaban J connectivity index is 1.93. The van der Waals surface area contributed by atoms with Crippen LogP contribution in [0.2, 0.25) is 0 Å². The maximum atomic E-state index is 11.8. The van der Waals surface area contributed by atoms with E-state index in [1.807, 2.05) is 19.1 Å². The first-order chi connectivity index (χ1) is 10.0. The van der Waals surface area contributed by atoms with Gasteiger partial charge in [0.2, 0.25) is 0 Å². The normalized spacial score (nSPS) is 10.0. The van der Waals surface area contributed by atoms with Crippen molar-refractivity contribution in [1.29, 1.82) is 0 Å². The van der Waals surface area contributed by atoms with Gasteiger partial charge in [-0.2, -0.15) is 0 Å². The molecule has 0 heterocycles. The third kappa shape index (κ3) is 4.76. The van der Waals surface area contributed by atoms with E-state index < -0.39 is 0 Å². The van der Waals surface area contributed by atoms with Crippen LogP contribution in [0, 0.1) is 6.92 Å². The van der Waals surface area contributed by atoms with E-state index in [0.717, 1.165) is 11.1 Å². The van der Waals surface area contributed by atoms with Gasteiger partial charge in [0, 0.05) is 6.92 Å². The number of rotatable bonds is 4. The molecule has 0 saturated carbocycles. The molecular weight excluding hydrogens is 268 g/mol. The number of carbonyl (C=O) groups excluding carboxylic acids is 2. The molecule has 21 heavy (non-hydrogen) atoms. The van der Waals surface area contributed by atoms with Crippen molar-refractivity contribution < 1.29 is 19.1 Å². The molecule has 0 spiro atoms. The molecule has 0 saturated heterocycles. The minimum atomic E-state index is -0.374. The van der Waals surface area contributed by atoms with Crippen molar-refractivity contribution in [3.63, 3.8) is 0 Å². The van der Waals surface area contributed by atoms with E-state index in [2.05, 4.69) is 0 Å². The van der Waals surface area contributed by atoms with Crippen LogP contribution in [0.25, 0.3) is 0 Å².